The zero-order chi connectivity index (χ0) is 15.3. The van der Waals surface area contributed by atoms with Crippen molar-refractivity contribution in [1.82, 2.24) is 9.62 Å². The molecular formula is C13H22BrN3O2S. The number of nitrogens with one attached hydrogen (secondary N) is 1. The summed E-state index contributed by atoms with van der Waals surface area (Å²) in [6.07, 6.45) is 0. The van der Waals surface area contributed by atoms with Gasteiger partial charge >= 0.3 is 0 Å². The number of benzene rings is 1. The van der Waals surface area contributed by atoms with Crippen molar-refractivity contribution in [3.63, 3.8) is 0 Å². The van der Waals surface area contributed by atoms with Gasteiger partial charge in [0.1, 0.15) is 0 Å². The normalized spacial score (nSPS) is 12.1. The van der Waals surface area contributed by atoms with E-state index in [4.69, 9.17) is 5.73 Å². The van der Waals surface area contributed by atoms with Gasteiger partial charge in [-0.3, -0.25) is 0 Å². The van der Waals surface area contributed by atoms with E-state index in [9.17, 15) is 8.42 Å². The first-order chi connectivity index (χ1) is 9.31. The lowest BCUT2D eigenvalue weighted by molar-refractivity contribution is 0.358. The largest absolute Gasteiger partial charge is 0.326 e. The number of hydrogen-bond donors (Lipinski definition) is 2. The van der Waals surface area contributed by atoms with Crippen LogP contribution in [0.4, 0.5) is 0 Å². The van der Waals surface area contributed by atoms with Crippen molar-refractivity contribution >= 4 is 26.0 Å². The molecule has 0 amide bonds. The molecule has 0 aliphatic carbocycles. The molecule has 0 fully saturated rings. The third-order valence-electron chi connectivity index (χ3n) is 3.21. The predicted molar refractivity (Wildman–Crippen MR) is 85.1 cm³/mol. The molecule has 0 heterocycles. The van der Waals surface area contributed by atoms with Crippen LogP contribution in [-0.2, 0) is 16.6 Å². The second kappa shape index (κ2) is 7.51. The summed E-state index contributed by atoms with van der Waals surface area (Å²) in [7, 11) is -1.56. The molecule has 1 aromatic rings. The highest BCUT2D eigenvalue weighted by molar-refractivity contribution is 9.10. The number of nitrogens with two attached hydrogens (primary N) is 1. The molecule has 1 aromatic carbocycles. The van der Waals surface area contributed by atoms with Gasteiger partial charge in [-0.2, -0.15) is 0 Å². The third-order valence-corrected chi connectivity index (χ3v) is 5.62. The summed E-state index contributed by atoms with van der Waals surface area (Å²) in [5.74, 6) is 0. The van der Waals surface area contributed by atoms with Crippen LogP contribution in [0, 0.1) is 6.92 Å². The summed E-state index contributed by atoms with van der Waals surface area (Å²) in [5, 5.41) is 0. The van der Waals surface area contributed by atoms with Gasteiger partial charge < -0.3 is 10.6 Å². The van der Waals surface area contributed by atoms with E-state index in [0.29, 0.717) is 25.2 Å². The van der Waals surface area contributed by atoms with Crippen LogP contribution in [0.15, 0.2) is 21.5 Å². The molecule has 0 spiro atoms. The molecule has 20 heavy (non-hydrogen) atoms. The number of hydrogen-bond acceptors (Lipinski definition) is 4. The number of rotatable bonds is 7. The average molecular weight is 364 g/mol. The first-order valence-corrected chi connectivity index (χ1v) is 8.76. The second-order valence-corrected chi connectivity index (χ2v) is 7.29. The molecule has 0 aliphatic heterocycles. The first kappa shape index (κ1) is 17.6. The molecule has 0 aromatic heterocycles. The minimum atomic E-state index is -3.51. The number of likely N-dealkylation sites (N-methyl/N-ethyl adjacent to an activating group) is 1. The van der Waals surface area contributed by atoms with E-state index in [1.807, 2.05) is 24.9 Å². The fourth-order valence-electron chi connectivity index (χ4n) is 1.71. The van der Waals surface area contributed by atoms with Crippen molar-refractivity contribution < 1.29 is 8.42 Å². The number of halogens is 1. The maximum absolute atomic E-state index is 12.4. The van der Waals surface area contributed by atoms with Crippen molar-refractivity contribution in [2.24, 2.45) is 5.73 Å². The summed E-state index contributed by atoms with van der Waals surface area (Å²) in [4.78, 5) is 2.33. The molecule has 114 valence electrons. The van der Waals surface area contributed by atoms with Crippen molar-refractivity contribution in [2.75, 3.05) is 26.7 Å². The molecule has 0 saturated heterocycles. The molecule has 0 bridgehead atoms. The smallest absolute Gasteiger partial charge is 0.240 e. The molecule has 3 N–H and O–H groups in total. The van der Waals surface area contributed by atoms with E-state index in [1.54, 1.807) is 13.0 Å². The van der Waals surface area contributed by atoms with Gasteiger partial charge in [0, 0.05) is 24.1 Å². The van der Waals surface area contributed by atoms with Crippen molar-refractivity contribution in [2.45, 2.75) is 25.3 Å². The highest BCUT2D eigenvalue weighted by Gasteiger charge is 2.18. The Morgan fingerprint density at radius 2 is 2.05 bits per heavy atom. The average Bonchev–Trinajstić information content (AvgIpc) is 2.40. The quantitative estimate of drug-likeness (QED) is 0.768. The van der Waals surface area contributed by atoms with E-state index >= 15 is 0 Å². The van der Waals surface area contributed by atoms with Gasteiger partial charge in [0.25, 0.3) is 0 Å². The molecular weight excluding hydrogens is 342 g/mol. The Labute approximate surface area is 129 Å². The fraction of sp³-hybridized carbons (Fsp3) is 0.538. The van der Waals surface area contributed by atoms with Crippen LogP contribution in [0.2, 0.25) is 0 Å². The molecule has 0 atom stereocenters. The molecule has 7 heteroatoms. The Morgan fingerprint density at radius 1 is 1.40 bits per heavy atom. The highest BCUT2D eigenvalue weighted by Crippen LogP contribution is 2.25. The lowest BCUT2D eigenvalue weighted by atomic mass is 10.1. The zero-order valence-corrected chi connectivity index (χ0v) is 14.5. The van der Waals surface area contributed by atoms with Crippen molar-refractivity contribution in [1.29, 1.82) is 0 Å². The van der Waals surface area contributed by atoms with Gasteiger partial charge in [0.05, 0.1) is 4.90 Å². The maximum atomic E-state index is 12.4. The summed E-state index contributed by atoms with van der Waals surface area (Å²) in [6, 6.07) is 3.48. The Bertz CT molecular complexity index is 561. The molecule has 1 rings (SSSR count). The van der Waals surface area contributed by atoms with E-state index < -0.39 is 10.0 Å². The Hall–Kier alpha value is -0.470. The van der Waals surface area contributed by atoms with Crippen LogP contribution in [-0.4, -0.2) is 40.0 Å². The number of sulfonamides is 1. The Morgan fingerprint density at radius 3 is 2.60 bits per heavy atom. The van der Waals surface area contributed by atoms with Crippen LogP contribution in [0.3, 0.4) is 0 Å². The standard InChI is InChI=1S/C13H22BrN3O2S/c1-4-17(3)6-5-16-20(18,19)13-8-11(9-15)7-12(14)10(13)2/h7-8,16H,4-6,9,15H2,1-3H3. The van der Waals surface area contributed by atoms with Crippen LogP contribution in [0.25, 0.3) is 0 Å². The molecule has 0 saturated carbocycles. The molecule has 0 unspecified atom stereocenters. The van der Waals surface area contributed by atoms with Crippen LogP contribution in [0.5, 0.6) is 0 Å². The zero-order valence-electron chi connectivity index (χ0n) is 12.1. The van der Waals surface area contributed by atoms with Crippen molar-refractivity contribution in [3.8, 4) is 0 Å². The lowest BCUT2D eigenvalue weighted by Crippen LogP contribution is -2.33. The first-order valence-electron chi connectivity index (χ1n) is 6.49. The highest BCUT2D eigenvalue weighted by atomic mass is 79.9. The van der Waals surface area contributed by atoms with Gasteiger partial charge in [0.15, 0.2) is 0 Å². The maximum Gasteiger partial charge on any atom is 0.240 e. The summed E-state index contributed by atoms with van der Waals surface area (Å²) >= 11 is 3.38. The van der Waals surface area contributed by atoms with Crippen LogP contribution >= 0.6 is 15.9 Å². The SMILES string of the molecule is CCN(C)CCNS(=O)(=O)c1cc(CN)cc(Br)c1C. The lowest BCUT2D eigenvalue weighted by Gasteiger charge is -2.16. The monoisotopic (exact) mass is 363 g/mol. The van der Waals surface area contributed by atoms with Crippen molar-refractivity contribution in [3.05, 3.63) is 27.7 Å². The predicted octanol–water partition coefficient (Wildman–Crippen LogP) is 1.45. The van der Waals surface area contributed by atoms with Crippen LogP contribution < -0.4 is 10.5 Å². The third kappa shape index (κ3) is 4.53. The summed E-state index contributed by atoms with van der Waals surface area (Å²) < 4.78 is 28.1. The summed E-state index contributed by atoms with van der Waals surface area (Å²) in [5.41, 5.74) is 7.07. The minimum Gasteiger partial charge on any atom is -0.326 e. The molecule has 0 radical (unpaired) electrons. The van der Waals surface area contributed by atoms with E-state index in [0.717, 1.165) is 16.6 Å². The van der Waals surface area contributed by atoms with Gasteiger partial charge in [-0.25, -0.2) is 13.1 Å². The van der Waals surface area contributed by atoms with E-state index in [1.165, 1.54) is 0 Å². The number of nitrogens with zero attached hydrogens (tertiary/aromatic N) is 1. The van der Waals surface area contributed by atoms with Gasteiger partial charge in [-0.05, 0) is 43.8 Å². The second-order valence-electron chi connectivity index (χ2n) is 4.70. The van der Waals surface area contributed by atoms with Gasteiger partial charge in [0.2, 0.25) is 10.0 Å². The van der Waals surface area contributed by atoms with Gasteiger partial charge in [-0.1, -0.05) is 22.9 Å². The summed E-state index contributed by atoms with van der Waals surface area (Å²) in [6.45, 7) is 6.05. The molecule has 0 aliphatic rings. The van der Waals surface area contributed by atoms with E-state index in [2.05, 4.69) is 20.7 Å². The Kier molecular flexibility index (Phi) is 6.60. The molecule has 5 nitrogen and oxygen atoms in total. The Balaban J connectivity index is 2.95. The minimum absolute atomic E-state index is 0.284. The van der Waals surface area contributed by atoms with Gasteiger partial charge in [-0.15, -0.1) is 0 Å². The van der Waals surface area contributed by atoms with Crippen LogP contribution in [0.1, 0.15) is 18.1 Å². The van der Waals surface area contributed by atoms with E-state index in [-0.39, 0.29) is 4.90 Å². The fourth-order valence-corrected chi connectivity index (χ4v) is 3.68. The topological polar surface area (TPSA) is 75.4 Å².